The van der Waals surface area contributed by atoms with Crippen LogP contribution in [0.4, 0.5) is 0 Å². The van der Waals surface area contributed by atoms with Crippen molar-refractivity contribution in [3.8, 4) is 0 Å². The Morgan fingerprint density at radius 3 is 2.58 bits per heavy atom. The third kappa shape index (κ3) is 3.54. The molecule has 4 rings (SSSR count). The second-order valence-corrected chi connectivity index (χ2v) is 7.80. The summed E-state index contributed by atoms with van der Waals surface area (Å²) in [5.74, 6) is 0.606. The average molecular weight is 353 g/mol. The molecule has 0 spiro atoms. The largest absolute Gasteiger partial charge is 0.340 e. The van der Waals surface area contributed by atoms with Crippen LogP contribution in [0.15, 0.2) is 29.1 Å². The first-order valence-corrected chi connectivity index (χ1v) is 9.74. The number of hydrogen-bond donors (Lipinski definition) is 1. The van der Waals surface area contributed by atoms with Gasteiger partial charge in [0, 0.05) is 49.7 Å². The molecule has 0 bridgehead atoms. The maximum absolute atomic E-state index is 12.6. The van der Waals surface area contributed by atoms with E-state index in [0.717, 1.165) is 55.5 Å². The summed E-state index contributed by atoms with van der Waals surface area (Å²) in [6, 6.07) is 8.09. The normalized spacial score (nSPS) is 19.3. The Bertz CT molecular complexity index is 859. The highest BCUT2D eigenvalue weighted by molar-refractivity contribution is 5.80. The molecule has 2 fully saturated rings. The lowest BCUT2D eigenvalue weighted by molar-refractivity contribution is -0.137. The van der Waals surface area contributed by atoms with Crippen LogP contribution >= 0.6 is 0 Å². The third-order valence-electron chi connectivity index (χ3n) is 5.86. The average Bonchev–Trinajstić information content (AvgIpc) is 3.17. The standard InChI is InChI=1S/C21H27N3O2/c1-15-6-7-19-17(12-15)13-18(20(25)22-19)14-23-8-10-24(11-9-23)21(26)16-4-2-3-5-16/h6-7,12-13,16H,2-5,8-11,14H2,1H3,(H,22,25). The van der Waals surface area contributed by atoms with Crippen molar-refractivity contribution in [3.63, 3.8) is 0 Å². The number of carbonyl (C=O) groups is 1. The first kappa shape index (κ1) is 17.3. The molecule has 0 radical (unpaired) electrons. The van der Waals surface area contributed by atoms with Gasteiger partial charge in [-0.15, -0.1) is 0 Å². The summed E-state index contributed by atoms with van der Waals surface area (Å²) in [6.07, 6.45) is 4.51. The number of nitrogens with one attached hydrogen (secondary N) is 1. The summed E-state index contributed by atoms with van der Waals surface area (Å²) >= 11 is 0. The zero-order valence-electron chi connectivity index (χ0n) is 15.5. The Morgan fingerprint density at radius 2 is 1.85 bits per heavy atom. The van der Waals surface area contributed by atoms with Crippen LogP contribution in [0.3, 0.4) is 0 Å². The van der Waals surface area contributed by atoms with Crippen LogP contribution < -0.4 is 5.56 Å². The maximum Gasteiger partial charge on any atom is 0.252 e. The number of carbonyl (C=O) groups excluding carboxylic acids is 1. The molecule has 26 heavy (non-hydrogen) atoms. The molecule has 1 saturated heterocycles. The number of fused-ring (bicyclic) bond motifs is 1. The number of aromatic nitrogens is 1. The van der Waals surface area contributed by atoms with Gasteiger partial charge >= 0.3 is 0 Å². The molecule has 5 nitrogen and oxygen atoms in total. The van der Waals surface area contributed by atoms with Crippen molar-refractivity contribution in [2.45, 2.75) is 39.2 Å². The van der Waals surface area contributed by atoms with Gasteiger partial charge in [0.25, 0.3) is 5.56 Å². The van der Waals surface area contributed by atoms with Crippen molar-refractivity contribution in [1.82, 2.24) is 14.8 Å². The fourth-order valence-corrected chi connectivity index (χ4v) is 4.29. The van der Waals surface area contributed by atoms with Gasteiger partial charge in [0.05, 0.1) is 0 Å². The SMILES string of the molecule is Cc1ccc2[nH]c(=O)c(CN3CCN(C(=O)C4CCCC4)CC3)cc2c1. The third-order valence-corrected chi connectivity index (χ3v) is 5.86. The molecular weight excluding hydrogens is 326 g/mol. The first-order valence-electron chi connectivity index (χ1n) is 9.74. The van der Waals surface area contributed by atoms with E-state index in [9.17, 15) is 9.59 Å². The molecular formula is C21H27N3O2. The molecule has 0 atom stereocenters. The Labute approximate surface area is 154 Å². The van der Waals surface area contributed by atoms with E-state index in [1.807, 2.05) is 23.1 Å². The Morgan fingerprint density at radius 1 is 1.12 bits per heavy atom. The van der Waals surface area contributed by atoms with E-state index in [0.29, 0.717) is 12.5 Å². The summed E-state index contributed by atoms with van der Waals surface area (Å²) < 4.78 is 0. The molecule has 1 aromatic heterocycles. The number of aryl methyl sites for hydroxylation is 1. The molecule has 1 aliphatic heterocycles. The zero-order valence-corrected chi connectivity index (χ0v) is 15.5. The van der Waals surface area contributed by atoms with Gasteiger partial charge in [0.15, 0.2) is 0 Å². The molecule has 1 amide bonds. The predicted molar refractivity (Wildman–Crippen MR) is 103 cm³/mol. The number of piperazine rings is 1. The lowest BCUT2D eigenvalue weighted by Gasteiger charge is -2.35. The van der Waals surface area contributed by atoms with Crippen molar-refractivity contribution in [1.29, 1.82) is 0 Å². The van der Waals surface area contributed by atoms with Gasteiger partial charge in [0.1, 0.15) is 0 Å². The quantitative estimate of drug-likeness (QED) is 0.923. The summed E-state index contributed by atoms with van der Waals surface area (Å²) in [5, 5.41) is 1.08. The van der Waals surface area contributed by atoms with Crippen molar-refractivity contribution >= 4 is 16.8 Å². The minimum atomic E-state index is -0.00850. The van der Waals surface area contributed by atoms with Crippen molar-refractivity contribution in [2.24, 2.45) is 5.92 Å². The molecule has 1 aliphatic carbocycles. The van der Waals surface area contributed by atoms with E-state index in [1.165, 1.54) is 18.4 Å². The summed E-state index contributed by atoms with van der Waals surface area (Å²) in [4.78, 5) is 32.2. The van der Waals surface area contributed by atoms with Gasteiger partial charge in [-0.3, -0.25) is 14.5 Å². The predicted octanol–water partition coefficient (Wildman–Crippen LogP) is 2.67. The van der Waals surface area contributed by atoms with E-state index < -0.39 is 0 Å². The molecule has 2 heterocycles. The molecule has 5 heteroatoms. The number of rotatable bonds is 3. The lowest BCUT2D eigenvalue weighted by Crippen LogP contribution is -2.50. The second-order valence-electron chi connectivity index (χ2n) is 7.80. The summed E-state index contributed by atoms with van der Waals surface area (Å²) in [5.41, 5.74) is 2.87. The van der Waals surface area contributed by atoms with E-state index >= 15 is 0 Å². The molecule has 1 N–H and O–H groups in total. The fourth-order valence-electron chi connectivity index (χ4n) is 4.29. The minimum absolute atomic E-state index is 0.00850. The molecule has 1 aromatic carbocycles. The molecule has 138 valence electrons. The number of hydrogen-bond acceptors (Lipinski definition) is 3. The van der Waals surface area contributed by atoms with Crippen LogP contribution in [0.1, 0.15) is 36.8 Å². The van der Waals surface area contributed by atoms with Gasteiger partial charge in [0.2, 0.25) is 5.91 Å². The van der Waals surface area contributed by atoms with Crippen molar-refractivity contribution in [3.05, 3.63) is 45.7 Å². The van der Waals surface area contributed by atoms with Gasteiger partial charge in [-0.1, -0.05) is 24.5 Å². The Kier molecular flexibility index (Phi) is 4.81. The van der Waals surface area contributed by atoms with Crippen LogP contribution in [0.25, 0.3) is 10.9 Å². The number of H-pyrrole nitrogens is 1. The molecule has 2 aromatic rings. The minimum Gasteiger partial charge on any atom is -0.340 e. The Hall–Kier alpha value is -2.14. The molecule has 0 unspecified atom stereocenters. The first-order chi connectivity index (χ1) is 12.6. The fraction of sp³-hybridized carbons (Fsp3) is 0.524. The smallest absolute Gasteiger partial charge is 0.252 e. The number of benzene rings is 1. The van der Waals surface area contributed by atoms with Crippen LogP contribution in [-0.2, 0) is 11.3 Å². The highest BCUT2D eigenvalue weighted by Gasteiger charge is 2.29. The lowest BCUT2D eigenvalue weighted by atomic mass is 10.1. The number of nitrogens with zero attached hydrogens (tertiary/aromatic N) is 2. The monoisotopic (exact) mass is 353 g/mol. The van der Waals surface area contributed by atoms with Crippen LogP contribution in [0.2, 0.25) is 0 Å². The van der Waals surface area contributed by atoms with E-state index in [4.69, 9.17) is 0 Å². The van der Waals surface area contributed by atoms with Gasteiger partial charge in [-0.2, -0.15) is 0 Å². The second kappa shape index (κ2) is 7.23. The van der Waals surface area contributed by atoms with Gasteiger partial charge in [-0.05, 0) is 43.4 Å². The van der Waals surface area contributed by atoms with Crippen LogP contribution in [-0.4, -0.2) is 46.9 Å². The topological polar surface area (TPSA) is 56.4 Å². The zero-order chi connectivity index (χ0) is 18.1. The van der Waals surface area contributed by atoms with Gasteiger partial charge < -0.3 is 9.88 Å². The number of pyridine rings is 1. The number of amides is 1. The highest BCUT2D eigenvalue weighted by atomic mass is 16.2. The van der Waals surface area contributed by atoms with Crippen molar-refractivity contribution < 1.29 is 4.79 Å². The maximum atomic E-state index is 12.6. The van der Waals surface area contributed by atoms with E-state index in [2.05, 4.69) is 22.9 Å². The molecule has 1 saturated carbocycles. The number of aromatic amines is 1. The van der Waals surface area contributed by atoms with Crippen LogP contribution in [0, 0.1) is 12.8 Å². The van der Waals surface area contributed by atoms with Gasteiger partial charge in [-0.25, -0.2) is 0 Å². The van der Waals surface area contributed by atoms with Crippen LogP contribution in [0.5, 0.6) is 0 Å². The van der Waals surface area contributed by atoms with E-state index in [1.54, 1.807) is 0 Å². The summed E-state index contributed by atoms with van der Waals surface area (Å²) in [6.45, 7) is 5.93. The molecule has 2 aliphatic rings. The van der Waals surface area contributed by atoms with Crippen molar-refractivity contribution in [2.75, 3.05) is 26.2 Å². The Balaban J connectivity index is 1.41. The highest BCUT2D eigenvalue weighted by Crippen LogP contribution is 2.27. The van der Waals surface area contributed by atoms with E-state index in [-0.39, 0.29) is 11.5 Å². The summed E-state index contributed by atoms with van der Waals surface area (Å²) in [7, 11) is 0.